The number of hydrogen-bond donors (Lipinski definition) is 3. The fourth-order valence-electron chi connectivity index (χ4n) is 8.23. The van der Waals surface area contributed by atoms with Gasteiger partial charge in [-0.2, -0.15) is 0 Å². The van der Waals surface area contributed by atoms with Gasteiger partial charge in [-0.25, -0.2) is 4.57 Å². The van der Waals surface area contributed by atoms with Crippen LogP contribution in [-0.4, -0.2) is 73.4 Å². The van der Waals surface area contributed by atoms with Crippen LogP contribution in [0.2, 0.25) is 0 Å². The van der Waals surface area contributed by atoms with Crippen molar-refractivity contribution in [1.82, 2.24) is 5.32 Å². The highest BCUT2D eigenvalue weighted by Crippen LogP contribution is 2.43. The molecule has 3 atom stereocenters. The fourth-order valence-corrected chi connectivity index (χ4v) is 8.97. The molecule has 65 heavy (non-hydrogen) atoms. The number of carbonyl (C=O) groups excluding carboxylic acids is 1. The molecule has 0 saturated carbocycles. The zero-order chi connectivity index (χ0) is 47.8. The summed E-state index contributed by atoms with van der Waals surface area (Å²) in [7, 11) is 1.62. The van der Waals surface area contributed by atoms with Crippen molar-refractivity contribution in [2.24, 2.45) is 0 Å². The van der Waals surface area contributed by atoms with Gasteiger partial charge in [0.1, 0.15) is 13.2 Å². The number of nitrogens with zero attached hydrogens (tertiary/aromatic N) is 1. The second-order valence-corrected chi connectivity index (χ2v) is 21.8. The number of aliphatic hydroxyl groups excluding tert-OH is 1. The quantitative estimate of drug-likeness (QED) is 0.0243. The first-order valence-corrected chi connectivity index (χ1v) is 29.3. The molecule has 0 aliphatic carbocycles. The Balaban J connectivity index is 3.64. The van der Waals surface area contributed by atoms with Crippen LogP contribution in [0.15, 0.2) is 36.5 Å². The van der Waals surface area contributed by atoms with Crippen molar-refractivity contribution < 1.29 is 32.9 Å². The molecule has 3 unspecified atom stereocenters. The second kappa shape index (κ2) is 47.8. The third-order valence-electron chi connectivity index (χ3n) is 12.6. The summed E-state index contributed by atoms with van der Waals surface area (Å²) >= 11 is 0. The average molecular weight is 938 g/mol. The molecule has 0 bridgehead atoms. The van der Waals surface area contributed by atoms with E-state index in [1.165, 1.54) is 180 Å². The molecule has 0 heterocycles. The topological polar surface area (TPSA) is 105 Å². The predicted molar refractivity (Wildman–Crippen MR) is 281 cm³/mol. The predicted octanol–water partition coefficient (Wildman–Crippen LogP) is 16.6. The maximum atomic E-state index is 12.8. The Kier molecular flexibility index (Phi) is 46.8. The van der Waals surface area contributed by atoms with Crippen LogP contribution in [0.1, 0.15) is 264 Å². The first kappa shape index (κ1) is 63.7. The average Bonchev–Trinajstić information content (AvgIpc) is 3.26. The highest BCUT2D eigenvalue weighted by molar-refractivity contribution is 7.47. The van der Waals surface area contributed by atoms with E-state index in [0.29, 0.717) is 23.9 Å². The van der Waals surface area contributed by atoms with Crippen LogP contribution in [0.3, 0.4) is 0 Å². The van der Waals surface area contributed by atoms with Gasteiger partial charge in [0, 0.05) is 6.42 Å². The monoisotopic (exact) mass is 938 g/mol. The van der Waals surface area contributed by atoms with Crippen LogP contribution in [-0.2, 0) is 18.4 Å². The van der Waals surface area contributed by atoms with Crippen LogP contribution < -0.4 is 5.32 Å². The molecular weight excluding hydrogens is 828 g/mol. The molecule has 0 aromatic heterocycles. The van der Waals surface area contributed by atoms with Crippen LogP contribution in [0.25, 0.3) is 0 Å². The van der Waals surface area contributed by atoms with Crippen LogP contribution in [0.4, 0.5) is 0 Å². The van der Waals surface area contributed by atoms with Crippen LogP contribution in [0.5, 0.6) is 0 Å². The van der Waals surface area contributed by atoms with E-state index in [9.17, 15) is 19.4 Å². The molecule has 0 spiro atoms. The van der Waals surface area contributed by atoms with E-state index in [1.807, 2.05) is 21.1 Å². The van der Waals surface area contributed by atoms with Gasteiger partial charge in [0.25, 0.3) is 0 Å². The molecule has 0 aromatic rings. The second-order valence-electron chi connectivity index (χ2n) is 20.3. The van der Waals surface area contributed by atoms with Crippen molar-refractivity contribution >= 4 is 13.7 Å². The number of carbonyl (C=O) groups is 1. The lowest BCUT2D eigenvalue weighted by Crippen LogP contribution is -2.46. The lowest BCUT2D eigenvalue weighted by Gasteiger charge is -2.26. The highest BCUT2D eigenvalue weighted by Gasteiger charge is 2.28. The van der Waals surface area contributed by atoms with Crippen molar-refractivity contribution in [1.29, 1.82) is 0 Å². The highest BCUT2D eigenvalue weighted by atomic mass is 31.2. The van der Waals surface area contributed by atoms with Crippen molar-refractivity contribution in [2.75, 3.05) is 40.9 Å². The Bertz CT molecular complexity index is 1150. The lowest BCUT2D eigenvalue weighted by atomic mass is 10.0. The van der Waals surface area contributed by atoms with Gasteiger partial charge in [-0.3, -0.25) is 13.8 Å². The number of amides is 1. The molecule has 0 fully saturated rings. The standard InChI is InChI=1S/C56H109N2O6P/c1-6-8-10-12-13-14-15-16-17-18-19-20-21-22-23-24-25-26-27-28-29-30-31-32-33-34-35-36-37-38-39-40-41-42-43-44-45-46-48-50-56(60)57-54(55(59)49-47-11-9-7-2)53-64-65(61,62)63-52-51-58(3,4)5/h15-16,18-19,21-22,54-55,59H,6-14,17,20,23-53H2,1-5H3,(H-,57,60,61,62)/p+1/b16-15-,19-18-,22-21-. The first-order chi connectivity index (χ1) is 31.5. The summed E-state index contributed by atoms with van der Waals surface area (Å²) in [5, 5.41) is 13.7. The van der Waals surface area contributed by atoms with Gasteiger partial charge in [-0.1, -0.05) is 243 Å². The molecule has 0 aromatic carbocycles. The SMILES string of the molecule is CCCCCCC/C=C\C/C=C\C/C=C\CCCCCCCCCCCCCCCCCCCCCCCCCCC(=O)NC(COP(=O)(O)OCC[N+](C)(C)C)C(O)CCCCCC. The van der Waals surface area contributed by atoms with Crippen molar-refractivity contribution in [3.8, 4) is 0 Å². The Morgan fingerprint density at radius 3 is 1.28 bits per heavy atom. The molecule has 1 amide bonds. The van der Waals surface area contributed by atoms with Crippen LogP contribution in [0, 0.1) is 0 Å². The normalized spacial score (nSPS) is 14.3. The minimum Gasteiger partial charge on any atom is -0.391 e. The number of likely N-dealkylation sites (N-methyl/N-ethyl adjacent to an activating group) is 1. The number of phosphoric ester groups is 1. The van der Waals surface area contributed by atoms with E-state index >= 15 is 0 Å². The summed E-state index contributed by atoms with van der Waals surface area (Å²) in [5.74, 6) is -0.150. The molecule has 0 saturated heterocycles. The number of unbranched alkanes of at least 4 members (excludes halogenated alkanes) is 32. The fraction of sp³-hybridized carbons (Fsp3) is 0.875. The van der Waals surface area contributed by atoms with Crippen molar-refractivity contribution in [3.05, 3.63) is 36.5 Å². The van der Waals surface area contributed by atoms with Gasteiger partial charge in [0.05, 0.1) is 39.9 Å². The summed E-state index contributed by atoms with van der Waals surface area (Å²) in [6.45, 7) is 4.77. The van der Waals surface area contributed by atoms with Crippen molar-refractivity contribution in [3.63, 3.8) is 0 Å². The summed E-state index contributed by atoms with van der Waals surface area (Å²) in [5.41, 5.74) is 0. The van der Waals surface area contributed by atoms with E-state index in [2.05, 4.69) is 55.6 Å². The Morgan fingerprint density at radius 2 is 0.877 bits per heavy atom. The van der Waals surface area contributed by atoms with Crippen LogP contribution >= 0.6 is 7.82 Å². The van der Waals surface area contributed by atoms with Gasteiger partial charge in [-0.15, -0.1) is 0 Å². The molecular formula is C56H110N2O6P+. The van der Waals surface area contributed by atoms with Gasteiger partial charge < -0.3 is 19.8 Å². The number of hydrogen-bond acceptors (Lipinski definition) is 5. The summed E-state index contributed by atoms with van der Waals surface area (Å²) in [6, 6.07) is -0.753. The minimum atomic E-state index is -4.29. The van der Waals surface area contributed by atoms with Gasteiger partial charge in [-0.05, 0) is 51.4 Å². The molecule has 8 nitrogen and oxygen atoms in total. The lowest BCUT2D eigenvalue weighted by molar-refractivity contribution is -0.870. The summed E-state index contributed by atoms with van der Waals surface area (Å²) in [4.78, 5) is 23.0. The van der Waals surface area contributed by atoms with E-state index in [-0.39, 0.29) is 19.1 Å². The van der Waals surface area contributed by atoms with Gasteiger partial charge in [0.15, 0.2) is 0 Å². The minimum absolute atomic E-state index is 0.0750. The summed E-state index contributed by atoms with van der Waals surface area (Å²) < 4.78 is 23.4. The maximum Gasteiger partial charge on any atom is 0.472 e. The number of rotatable bonds is 51. The smallest absolute Gasteiger partial charge is 0.391 e. The number of quaternary nitrogens is 1. The molecule has 0 radical (unpaired) electrons. The number of phosphoric acid groups is 1. The number of aliphatic hydroxyl groups is 1. The third-order valence-corrected chi connectivity index (χ3v) is 13.6. The zero-order valence-corrected chi connectivity index (χ0v) is 44.6. The molecule has 384 valence electrons. The van der Waals surface area contributed by atoms with Gasteiger partial charge >= 0.3 is 7.82 Å². The number of nitrogens with one attached hydrogen (secondary N) is 1. The first-order valence-electron chi connectivity index (χ1n) is 27.9. The van der Waals surface area contributed by atoms with E-state index in [4.69, 9.17) is 9.05 Å². The van der Waals surface area contributed by atoms with Crippen molar-refractivity contribution in [2.45, 2.75) is 276 Å². The molecule has 9 heteroatoms. The Morgan fingerprint density at radius 1 is 0.523 bits per heavy atom. The molecule has 0 rings (SSSR count). The zero-order valence-electron chi connectivity index (χ0n) is 43.7. The van der Waals surface area contributed by atoms with E-state index in [1.54, 1.807) is 0 Å². The molecule has 0 aliphatic rings. The van der Waals surface area contributed by atoms with E-state index < -0.39 is 20.0 Å². The third kappa shape index (κ3) is 50.4. The maximum absolute atomic E-state index is 12.8. The summed E-state index contributed by atoms with van der Waals surface area (Å²) in [6.07, 6.45) is 61.6. The Hall–Kier alpha value is -1.28. The largest absolute Gasteiger partial charge is 0.472 e. The van der Waals surface area contributed by atoms with E-state index in [0.717, 1.165) is 57.8 Å². The van der Waals surface area contributed by atoms with Gasteiger partial charge in [0.2, 0.25) is 5.91 Å². The number of allylic oxidation sites excluding steroid dienone is 6. The molecule has 3 N–H and O–H groups in total. The molecule has 0 aliphatic heterocycles. The Labute approximate surface area is 404 Å².